The molecule has 0 bridgehead atoms. The van der Waals surface area contributed by atoms with Gasteiger partial charge in [-0.05, 0) is 24.5 Å². The molecule has 0 radical (unpaired) electrons. The molecule has 1 fully saturated rings. The van der Waals surface area contributed by atoms with Crippen molar-refractivity contribution in [3.05, 3.63) is 53.6 Å². The van der Waals surface area contributed by atoms with Crippen molar-refractivity contribution in [3.63, 3.8) is 0 Å². The summed E-state index contributed by atoms with van der Waals surface area (Å²) in [5.41, 5.74) is 1.77. The molecule has 1 heterocycles. The molecule has 2 aromatic rings. The molecular formula is C15H16N4. The van der Waals surface area contributed by atoms with Gasteiger partial charge in [0.2, 0.25) is 0 Å². The summed E-state index contributed by atoms with van der Waals surface area (Å²) in [6, 6.07) is 10.6. The highest BCUT2D eigenvalue weighted by atomic mass is 15.1. The van der Waals surface area contributed by atoms with Crippen molar-refractivity contribution >= 4 is 0 Å². The van der Waals surface area contributed by atoms with Gasteiger partial charge in [0.25, 0.3) is 0 Å². The Balaban J connectivity index is 1.75. The topological polar surface area (TPSA) is 53.6 Å². The smallest absolute Gasteiger partial charge is 0.122 e. The summed E-state index contributed by atoms with van der Waals surface area (Å²) in [4.78, 5) is 4.39. The maximum Gasteiger partial charge on any atom is 0.122 e. The van der Waals surface area contributed by atoms with Crippen molar-refractivity contribution in [1.29, 1.82) is 5.26 Å². The molecule has 4 heteroatoms. The zero-order chi connectivity index (χ0) is 13.1. The molecule has 4 nitrogen and oxygen atoms in total. The van der Waals surface area contributed by atoms with E-state index in [1.807, 2.05) is 36.7 Å². The lowest BCUT2D eigenvalue weighted by Gasteiger charge is -2.09. The van der Waals surface area contributed by atoms with Crippen LogP contribution < -0.4 is 5.32 Å². The van der Waals surface area contributed by atoms with Crippen molar-refractivity contribution in [1.82, 2.24) is 14.9 Å². The Morgan fingerprint density at radius 1 is 1.37 bits per heavy atom. The molecule has 1 aromatic heterocycles. The molecule has 1 N–H and O–H groups in total. The van der Waals surface area contributed by atoms with Crippen LogP contribution in [-0.4, -0.2) is 15.6 Å². The molecule has 0 unspecified atom stereocenters. The first-order valence-corrected chi connectivity index (χ1v) is 6.58. The van der Waals surface area contributed by atoms with E-state index in [0.717, 1.165) is 23.5 Å². The Kier molecular flexibility index (Phi) is 3.30. The van der Waals surface area contributed by atoms with Gasteiger partial charge in [-0.15, -0.1) is 0 Å². The Hall–Kier alpha value is -2.12. The number of aromatic nitrogens is 2. The van der Waals surface area contributed by atoms with Gasteiger partial charge < -0.3 is 9.88 Å². The Bertz CT molecular complexity index is 605. The zero-order valence-electron chi connectivity index (χ0n) is 10.7. The SMILES string of the molecule is N#Cc1ccccc1Cn1ccnc1CNC1CC1. The summed E-state index contributed by atoms with van der Waals surface area (Å²) in [6.45, 7) is 1.50. The van der Waals surface area contributed by atoms with Crippen LogP contribution in [0.15, 0.2) is 36.7 Å². The summed E-state index contributed by atoms with van der Waals surface area (Å²) in [5.74, 6) is 1.03. The van der Waals surface area contributed by atoms with E-state index in [9.17, 15) is 0 Å². The van der Waals surface area contributed by atoms with Gasteiger partial charge in [0, 0.05) is 18.4 Å². The molecule has 96 valence electrons. The third kappa shape index (κ3) is 2.83. The van der Waals surface area contributed by atoms with Crippen LogP contribution in [0.5, 0.6) is 0 Å². The van der Waals surface area contributed by atoms with Gasteiger partial charge >= 0.3 is 0 Å². The molecule has 1 aliphatic carbocycles. The molecule has 1 saturated carbocycles. The van der Waals surface area contributed by atoms with E-state index in [1.54, 1.807) is 0 Å². The average molecular weight is 252 g/mol. The second-order valence-corrected chi connectivity index (χ2v) is 4.90. The van der Waals surface area contributed by atoms with E-state index in [1.165, 1.54) is 12.8 Å². The number of hydrogen-bond donors (Lipinski definition) is 1. The summed E-state index contributed by atoms with van der Waals surface area (Å²) in [6.07, 6.45) is 6.34. The maximum atomic E-state index is 9.11. The van der Waals surface area contributed by atoms with Gasteiger partial charge in [0.05, 0.1) is 24.7 Å². The number of nitrogens with one attached hydrogen (secondary N) is 1. The second kappa shape index (κ2) is 5.25. The van der Waals surface area contributed by atoms with Crippen molar-refractivity contribution in [2.75, 3.05) is 0 Å². The van der Waals surface area contributed by atoms with Crippen LogP contribution >= 0.6 is 0 Å². The minimum atomic E-state index is 0.677. The van der Waals surface area contributed by atoms with Crippen LogP contribution in [0.1, 0.15) is 29.8 Å². The molecule has 1 aromatic carbocycles. The lowest BCUT2D eigenvalue weighted by molar-refractivity contribution is 0.618. The van der Waals surface area contributed by atoms with E-state index < -0.39 is 0 Å². The van der Waals surface area contributed by atoms with E-state index >= 15 is 0 Å². The number of hydrogen-bond acceptors (Lipinski definition) is 3. The van der Waals surface area contributed by atoms with Gasteiger partial charge in [-0.3, -0.25) is 0 Å². The van der Waals surface area contributed by atoms with Gasteiger partial charge in [0.1, 0.15) is 5.82 Å². The minimum absolute atomic E-state index is 0.677. The summed E-state index contributed by atoms with van der Waals surface area (Å²) >= 11 is 0. The van der Waals surface area contributed by atoms with E-state index in [-0.39, 0.29) is 0 Å². The lowest BCUT2D eigenvalue weighted by Crippen LogP contribution is -2.19. The monoisotopic (exact) mass is 252 g/mol. The molecule has 0 saturated heterocycles. The molecule has 0 atom stereocenters. The molecule has 1 aliphatic rings. The Labute approximate surface area is 112 Å². The second-order valence-electron chi connectivity index (χ2n) is 4.90. The molecule has 19 heavy (non-hydrogen) atoms. The maximum absolute atomic E-state index is 9.11. The summed E-state index contributed by atoms with van der Waals surface area (Å²) in [7, 11) is 0. The highest BCUT2D eigenvalue weighted by Gasteiger charge is 2.20. The fourth-order valence-electron chi connectivity index (χ4n) is 2.13. The van der Waals surface area contributed by atoms with Crippen molar-refractivity contribution in [2.24, 2.45) is 0 Å². The van der Waals surface area contributed by atoms with E-state index in [2.05, 4.69) is 20.9 Å². The van der Waals surface area contributed by atoms with E-state index in [0.29, 0.717) is 12.6 Å². The fourth-order valence-corrected chi connectivity index (χ4v) is 2.13. The van der Waals surface area contributed by atoms with Crippen molar-refractivity contribution < 1.29 is 0 Å². The predicted octanol–water partition coefficient (Wildman–Crippen LogP) is 2.06. The van der Waals surface area contributed by atoms with Crippen LogP contribution in [0.3, 0.4) is 0 Å². The van der Waals surface area contributed by atoms with Crippen molar-refractivity contribution in [3.8, 4) is 6.07 Å². The summed E-state index contributed by atoms with van der Waals surface area (Å²) in [5, 5.41) is 12.6. The van der Waals surface area contributed by atoms with Crippen molar-refractivity contribution in [2.45, 2.75) is 32.0 Å². The molecule has 3 rings (SSSR count). The van der Waals surface area contributed by atoms with Crippen LogP contribution in [0.4, 0.5) is 0 Å². The van der Waals surface area contributed by atoms with Crippen LogP contribution in [-0.2, 0) is 13.1 Å². The third-order valence-electron chi connectivity index (χ3n) is 3.41. The van der Waals surface area contributed by atoms with Gasteiger partial charge in [0.15, 0.2) is 0 Å². The first-order chi connectivity index (χ1) is 9.36. The predicted molar refractivity (Wildman–Crippen MR) is 72.3 cm³/mol. The van der Waals surface area contributed by atoms with Gasteiger partial charge in [-0.1, -0.05) is 18.2 Å². The molecule has 0 spiro atoms. The molecule has 0 aliphatic heterocycles. The third-order valence-corrected chi connectivity index (χ3v) is 3.41. The highest BCUT2D eigenvalue weighted by Crippen LogP contribution is 2.19. The quantitative estimate of drug-likeness (QED) is 0.886. The standard InChI is InChI=1S/C15H16N4/c16-9-12-3-1-2-4-13(12)11-19-8-7-17-15(19)10-18-14-5-6-14/h1-4,7-8,14,18H,5-6,10-11H2. The normalized spacial score (nSPS) is 14.3. The lowest BCUT2D eigenvalue weighted by atomic mass is 10.1. The Morgan fingerprint density at radius 2 is 2.21 bits per heavy atom. The summed E-state index contributed by atoms with van der Waals surface area (Å²) < 4.78 is 2.10. The number of nitriles is 1. The number of rotatable bonds is 5. The first kappa shape index (κ1) is 11.9. The van der Waals surface area contributed by atoms with E-state index in [4.69, 9.17) is 5.26 Å². The fraction of sp³-hybridized carbons (Fsp3) is 0.333. The molecular weight excluding hydrogens is 236 g/mol. The first-order valence-electron chi connectivity index (χ1n) is 6.58. The minimum Gasteiger partial charge on any atom is -0.329 e. The average Bonchev–Trinajstić information content (AvgIpc) is 3.17. The highest BCUT2D eigenvalue weighted by molar-refractivity contribution is 5.37. The number of imidazole rings is 1. The largest absolute Gasteiger partial charge is 0.329 e. The van der Waals surface area contributed by atoms with Gasteiger partial charge in [-0.2, -0.15) is 5.26 Å². The Morgan fingerprint density at radius 3 is 3.00 bits per heavy atom. The number of benzene rings is 1. The van der Waals surface area contributed by atoms with Crippen LogP contribution in [0.2, 0.25) is 0 Å². The van der Waals surface area contributed by atoms with Gasteiger partial charge in [-0.25, -0.2) is 4.98 Å². The molecule has 0 amide bonds. The van der Waals surface area contributed by atoms with Crippen LogP contribution in [0.25, 0.3) is 0 Å². The number of nitrogens with zero attached hydrogens (tertiary/aromatic N) is 3. The van der Waals surface area contributed by atoms with Crippen LogP contribution in [0, 0.1) is 11.3 Å². The zero-order valence-corrected chi connectivity index (χ0v) is 10.7.